The predicted octanol–water partition coefficient (Wildman–Crippen LogP) is 5.64. The summed E-state index contributed by atoms with van der Waals surface area (Å²) < 4.78 is 23.8. The molecule has 11 nitrogen and oxygen atoms in total. The molecular weight excluding hydrogens is 600 g/mol. The summed E-state index contributed by atoms with van der Waals surface area (Å²) in [6, 6.07) is 3.83. The Kier molecular flexibility index (Phi) is 9.28. The van der Waals surface area contributed by atoms with Crippen molar-refractivity contribution in [3.8, 4) is 11.6 Å². The van der Waals surface area contributed by atoms with Crippen LogP contribution in [0, 0.1) is 29.1 Å². The maximum atomic E-state index is 14.5. The van der Waals surface area contributed by atoms with Crippen LogP contribution in [0.5, 0.6) is 11.6 Å². The van der Waals surface area contributed by atoms with E-state index in [-0.39, 0.29) is 42.9 Å². The lowest BCUT2D eigenvalue weighted by Gasteiger charge is -2.35. The van der Waals surface area contributed by atoms with Crippen molar-refractivity contribution in [3.05, 3.63) is 23.9 Å². The molecule has 2 aliphatic carbocycles. The summed E-state index contributed by atoms with van der Waals surface area (Å²) in [5, 5.41) is 2.87. The van der Waals surface area contributed by atoms with Crippen molar-refractivity contribution in [1.82, 2.24) is 20.2 Å². The Hall–Kier alpha value is -3.63. The number of carbonyl (C=O) groups is 3. The normalized spacial score (nSPS) is 30.9. The maximum absolute atomic E-state index is 14.5. The van der Waals surface area contributed by atoms with Crippen LogP contribution in [0.25, 0.3) is 11.0 Å². The van der Waals surface area contributed by atoms with Gasteiger partial charge in [-0.05, 0) is 67.4 Å². The fraction of sp³-hybridized carbons (Fsp3) is 0.694. The van der Waals surface area contributed by atoms with Crippen molar-refractivity contribution < 1.29 is 33.3 Å². The average molecular weight is 651 g/mol. The van der Waals surface area contributed by atoms with Crippen molar-refractivity contribution in [3.63, 3.8) is 0 Å². The van der Waals surface area contributed by atoms with E-state index in [9.17, 15) is 14.4 Å². The van der Waals surface area contributed by atoms with E-state index < -0.39 is 35.7 Å². The molecular formula is C36H50N4O7. The van der Waals surface area contributed by atoms with Gasteiger partial charge in [0.15, 0.2) is 0 Å². The smallest absolute Gasteiger partial charge is 0.408 e. The molecule has 2 amide bonds. The molecule has 4 aliphatic rings. The second-order valence-electron chi connectivity index (χ2n) is 15.4. The van der Waals surface area contributed by atoms with Crippen molar-refractivity contribution in [1.29, 1.82) is 0 Å². The minimum Gasteiger partial charge on any atom is -0.497 e. The highest BCUT2D eigenvalue weighted by Crippen LogP contribution is 2.53. The second kappa shape index (κ2) is 13.1. The Balaban J connectivity index is 1.40. The zero-order chi connectivity index (χ0) is 33.6. The average Bonchev–Trinajstić information content (AvgIpc) is 3.93. The highest BCUT2D eigenvalue weighted by molar-refractivity contribution is 5.91. The number of aromatic nitrogens is 2. The van der Waals surface area contributed by atoms with Gasteiger partial charge < -0.3 is 29.2 Å². The zero-order valence-corrected chi connectivity index (χ0v) is 28.8. The van der Waals surface area contributed by atoms with E-state index in [4.69, 9.17) is 28.9 Å². The number of ether oxygens (including phenoxy) is 4. The summed E-state index contributed by atoms with van der Waals surface area (Å²) in [6.45, 7) is 12.0. The van der Waals surface area contributed by atoms with Gasteiger partial charge in [-0.25, -0.2) is 19.6 Å². The molecule has 1 N–H and O–H groups in total. The molecule has 2 aliphatic heterocycles. The summed E-state index contributed by atoms with van der Waals surface area (Å²) in [5.74, 6) is 1.07. The molecule has 2 bridgehead atoms. The number of alkyl carbamates (subject to hydrolysis) is 1. The Morgan fingerprint density at radius 2 is 1.83 bits per heavy atom. The van der Waals surface area contributed by atoms with Gasteiger partial charge in [0.1, 0.15) is 35.7 Å². The molecule has 0 radical (unpaired) electrons. The number of rotatable bonds is 5. The second-order valence-corrected chi connectivity index (χ2v) is 15.4. The number of nitrogens with zero attached hydrogens (tertiary/aromatic N) is 3. The van der Waals surface area contributed by atoms with E-state index in [1.807, 2.05) is 59.7 Å². The van der Waals surface area contributed by atoms with Crippen LogP contribution >= 0.6 is 0 Å². The van der Waals surface area contributed by atoms with E-state index in [0.717, 1.165) is 43.3 Å². The number of nitrogens with one attached hydrogen (secondary N) is 1. The van der Waals surface area contributed by atoms with Gasteiger partial charge in [0.05, 0.1) is 31.3 Å². The Morgan fingerprint density at radius 3 is 2.53 bits per heavy atom. The lowest BCUT2D eigenvalue weighted by atomic mass is 9.85. The minimum atomic E-state index is -0.932. The number of hydrogen-bond acceptors (Lipinski definition) is 9. The van der Waals surface area contributed by atoms with Crippen molar-refractivity contribution in [2.24, 2.45) is 29.1 Å². The highest BCUT2D eigenvalue weighted by Gasteiger charge is 2.53. The Morgan fingerprint density at radius 1 is 1.06 bits per heavy atom. The van der Waals surface area contributed by atoms with Crippen molar-refractivity contribution in [2.75, 3.05) is 20.3 Å². The molecule has 3 heterocycles. The molecule has 256 valence electrons. The van der Waals surface area contributed by atoms with Gasteiger partial charge in [-0.1, -0.05) is 48.0 Å². The summed E-state index contributed by atoms with van der Waals surface area (Å²) in [7, 11) is 1.62. The van der Waals surface area contributed by atoms with Crippen molar-refractivity contribution >= 4 is 29.0 Å². The molecule has 11 heteroatoms. The van der Waals surface area contributed by atoms with E-state index >= 15 is 0 Å². The maximum Gasteiger partial charge on any atom is 0.408 e. The molecule has 1 aromatic carbocycles. The third-order valence-electron chi connectivity index (χ3n) is 10.2. The lowest BCUT2D eigenvalue weighted by Crippen LogP contribution is -2.57. The fourth-order valence-electron chi connectivity index (χ4n) is 7.30. The van der Waals surface area contributed by atoms with Crippen LogP contribution in [0.15, 0.2) is 18.2 Å². The molecule has 8 unspecified atom stereocenters. The van der Waals surface area contributed by atoms with Crippen LogP contribution in [0.3, 0.4) is 0 Å². The van der Waals surface area contributed by atoms with Crippen LogP contribution in [0.2, 0.25) is 0 Å². The largest absolute Gasteiger partial charge is 0.497 e. The van der Waals surface area contributed by atoms with Crippen LogP contribution in [0.1, 0.15) is 91.7 Å². The van der Waals surface area contributed by atoms with Crippen molar-refractivity contribution in [2.45, 2.75) is 110 Å². The van der Waals surface area contributed by atoms with Gasteiger partial charge in [-0.3, -0.25) is 4.79 Å². The third kappa shape index (κ3) is 7.14. The Labute approximate surface area is 277 Å². The molecule has 47 heavy (non-hydrogen) atoms. The van der Waals surface area contributed by atoms with Gasteiger partial charge in [-0.2, -0.15) is 0 Å². The first-order valence-corrected chi connectivity index (χ1v) is 17.3. The zero-order valence-electron chi connectivity index (χ0n) is 28.8. The lowest BCUT2D eigenvalue weighted by molar-refractivity contribution is -0.157. The van der Waals surface area contributed by atoms with E-state index in [1.54, 1.807) is 12.0 Å². The summed E-state index contributed by atoms with van der Waals surface area (Å²) >= 11 is 0. The topological polar surface area (TPSA) is 129 Å². The third-order valence-corrected chi connectivity index (χ3v) is 10.2. The number of fused-ring (bicyclic) bond motifs is 7. The van der Waals surface area contributed by atoms with Crippen LogP contribution in [-0.2, 0) is 19.1 Å². The van der Waals surface area contributed by atoms with Gasteiger partial charge in [0.25, 0.3) is 0 Å². The number of carbonyl (C=O) groups excluding carboxylic acids is 3. The molecule has 2 aromatic rings. The molecule has 1 saturated heterocycles. The van der Waals surface area contributed by atoms with E-state index in [2.05, 4.69) is 5.32 Å². The Bertz CT molecular complexity index is 1510. The van der Waals surface area contributed by atoms with Crippen LogP contribution < -0.4 is 14.8 Å². The molecule has 8 atom stereocenters. The summed E-state index contributed by atoms with van der Waals surface area (Å²) in [6.07, 6.45) is 4.20. The van der Waals surface area contributed by atoms with Gasteiger partial charge in [0.2, 0.25) is 11.8 Å². The standard InChI is InChI=1S/C36H50N4O7/c1-8-23-28-17-40(30(23)34(42)45-18-19(2)3)33(41)31(36(4,5)6)39-35(43)47-27-15-21(27)11-9-10-20-14-24(20)29-32(46-28)38-26-16-22(44-7)12-13-25(26)37-29/h12-13,16,19-21,23-24,27-28,30-31H,8-11,14-15,17-18H2,1-7H3,(H,39,43). The first kappa shape index (κ1) is 33.3. The number of methoxy groups -OCH3 is 1. The summed E-state index contributed by atoms with van der Waals surface area (Å²) in [5.41, 5.74) is 1.60. The first-order valence-electron chi connectivity index (χ1n) is 17.3. The van der Waals surface area contributed by atoms with E-state index in [1.165, 1.54) is 0 Å². The van der Waals surface area contributed by atoms with Gasteiger partial charge >= 0.3 is 12.1 Å². The summed E-state index contributed by atoms with van der Waals surface area (Å²) in [4.78, 5) is 53.1. The van der Waals surface area contributed by atoms with E-state index in [0.29, 0.717) is 35.4 Å². The van der Waals surface area contributed by atoms with Gasteiger partial charge in [-0.15, -0.1) is 0 Å². The number of amides is 2. The van der Waals surface area contributed by atoms with Crippen LogP contribution in [-0.4, -0.2) is 77.4 Å². The molecule has 2 saturated carbocycles. The predicted molar refractivity (Wildman–Crippen MR) is 175 cm³/mol. The fourth-order valence-corrected chi connectivity index (χ4v) is 7.30. The number of esters is 1. The minimum absolute atomic E-state index is 0.128. The quantitative estimate of drug-likeness (QED) is 0.409. The molecule has 1 aromatic heterocycles. The molecule has 0 spiro atoms. The van der Waals surface area contributed by atoms with Crippen LogP contribution in [0.4, 0.5) is 4.79 Å². The molecule has 3 fully saturated rings. The SMILES string of the molecule is CCC1C2CN(C(=O)C(C(C)(C)C)NC(=O)OC3CC3CCCC3CC3c3nc4ccc(OC)cc4nc3O2)C1C(=O)OCC(C)C. The monoisotopic (exact) mass is 650 g/mol. The number of hydrogen-bond donors (Lipinski definition) is 1. The highest BCUT2D eigenvalue weighted by atomic mass is 16.6. The molecule has 6 rings (SSSR count). The first-order chi connectivity index (χ1) is 22.4. The number of benzene rings is 1. The van der Waals surface area contributed by atoms with Gasteiger partial charge in [0, 0.05) is 17.9 Å².